The molecule has 10 rings (SSSR count). The molecular weight excluding hydrogens is 635 g/mol. The fourth-order valence-corrected chi connectivity index (χ4v) is 8.39. The summed E-state index contributed by atoms with van der Waals surface area (Å²) in [7, 11) is 0. The Morgan fingerprint density at radius 3 is 1.58 bits per heavy atom. The highest BCUT2D eigenvalue weighted by Crippen LogP contribution is 2.56. The van der Waals surface area contributed by atoms with Crippen molar-refractivity contribution in [3.05, 3.63) is 216 Å². The monoisotopic (exact) mass is 667 g/mol. The van der Waals surface area contributed by atoms with Crippen LogP contribution in [0.2, 0.25) is 0 Å². The van der Waals surface area contributed by atoms with Gasteiger partial charge in [0.05, 0.1) is 5.41 Å². The maximum Gasteiger partial charge on any atom is 0.143 e. The van der Waals surface area contributed by atoms with Crippen molar-refractivity contribution < 1.29 is 9.52 Å². The van der Waals surface area contributed by atoms with Crippen molar-refractivity contribution in [2.75, 3.05) is 4.90 Å². The second-order valence-electron chi connectivity index (χ2n) is 13.4. The van der Waals surface area contributed by atoms with Crippen LogP contribution < -0.4 is 4.90 Å². The van der Waals surface area contributed by atoms with Crippen molar-refractivity contribution in [3.63, 3.8) is 0 Å². The molecule has 0 fully saturated rings. The van der Waals surface area contributed by atoms with Crippen LogP contribution in [-0.4, -0.2) is 5.11 Å². The van der Waals surface area contributed by atoms with Crippen molar-refractivity contribution >= 4 is 39.0 Å². The number of phenolic OH excluding ortho intramolecular Hbond substituents is 1. The molecule has 52 heavy (non-hydrogen) atoms. The molecule has 0 radical (unpaired) electrons. The molecule has 9 aromatic rings. The van der Waals surface area contributed by atoms with Crippen LogP contribution in [-0.2, 0) is 5.41 Å². The van der Waals surface area contributed by atoms with Crippen molar-refractivity contribution in [3.8, 4) is 28.0 Å². The van der Waals surface area contributed by atoms with Crippen LogP contribution in [0.4, 0.5) is 17.1 Å². The van der Waals surface area contributed by atoms with E-state index in [-0.39, 0.29) is 5.75 Å². The quantitative estimate of drug-likeness (QED) is 0.192. The zero-order chi connectivity index (χ0) is 34.6. The predicted molar refractivity (Wildman–Crippen MR) is 213 cm³/mol. The number of benzene rings is 8. The number of rotatable bonds is 6. The van der Waals surface area contributed by atoms with Crippen LogP contribution in [0.5, 0.6) is 5.75 Å². The molecule has 0 saturated heterocycles. The number of anilines is 3. The summed E-state index contributed by atoms with van der Waals surface area (Å²) in [6.45, 7) is 0. The summed E-state index contributed by atoms with van der Waals surface area (Å²) >= 11 is 0. The molecule has 1 aromatic heterocycles. The first-order valence-corrected chi connectivity index (χ1v) is 17.7. The Morgan fingerprint density at radius 1 is 0.404 bits per heavy atom. The SMILES string of the molecule is Oc1ccc(N(c2ccc(-c3cccc4c3oc3ccccc34)cc2)c2ccc(C3(c4ccccc4)c4ccccc4-c4ccccc43)cc2)cc1. The Balaban J connectivity index is 1.10. The smallest absolute Gasteiger partial charge is 0.143 e. The van der Waals surface area contributed by atoms with E-state index in [0.717, 1.165) is 50.1 Å². The van der Waals surface area contributed by atoms with Gasteiger partial charge in [-0.1, -0.05) is 140 Å². The number of fused-ring (bicyclic) bond motifs is 6. The Hall–Kier alpha value is -6.84. The van der Waals surface area contributed by atoms with Gasteiger partial charge in [-0.2, -0.15) is 0 Å². The topological polar surface area (TPSA) is 36.6 Å². The number of nitrogens with zero attached hydrogens (tertiary/aromatic N) is 1. The van der Waals surface area contributed by atoms with Gasteiger partial charge in [-0.3, -0.25) is 0 Å². The normalized spacial score (nSPS) is 12.8. The van der Waals surface area contributed by atoms with Crippen LogP contribution in [0.15, 0.2) is 199 Å². The second kappa shape index (κ2) is 11.9. The lowest BCUT2D eigenvalue weighted by Gasteiger charge is -2.34. The maximum absolute atomic E-state index is 10.2. The molecule has 0 atom stereocenters. The van der Waals surface area contributed by atoms with Crippen LogP contribution in [0.25, 0.3) is 44.2 Å². The molecule has 1 N–H and O–H groups in total. The highest BCUT2D eigenvalue weighted by molar-refractivity contribution is 6.09. The third-order valence-corrected chi connectivity index (χ3v) is 10.7. The number of hydrogen-bond donors (Lipinski definition) is 1. The summed E-state index contributed by atoms with van der Waals surface area (Å²) in [5, 5.41) is 12.4. The minimum absolute atomic E-state index is 0.233. The van der Waals surface area contributed by atoms with Crippen LogP contribution in [0.3, 0.4) is 0 Å². The van der Waals surface area contributed by atoms with E-state index in [4.69, 9.17) is 4.42 Å². The molecule has 1 aliphatic rings. The molecule has 0 aliphatic heterocycles. The predicted octanol–water partition coefficient (Wildman–Crippen LogP) is 12.8. The summed E-state index contributed by atoms with van der Waals surface area (Å²) in [5.41, 5.74) is 14.0. The van der Waals surface area contributed by atoms with Crippen molar-refractivity contribution in [1.82, 2.24) is 0 Å². The van der Waals surface area contributed by atoms with Gasteiger partial charge in [0, 0.05) is 33.4 Å². The standard InChI is InChI=1S/C49H33NO2/c51-39-31-29-38(30-32-39)50(36-25-21-33(22-26-36)40-16-10-17-44-43-15-6-9-20-47(43)52-48(40)44)37-27-23-35(24-28-37)49(34-11-2-1-3-12-34)45-18-7-4-13-41(45)42-14-5-8-19-46(42)49/h1-32,51H. The van der Waals surface area contributed by atoms with Crippen LogP contribution in [0, 0.1) is 0 Å². The largest absolute Gasteiger partial charge is 0.508 e. The van der Waals surface area contributed by atoms with Crippen LogP contribution >= 0.6 is 0 Å². The fourth-order valence-electron chi connectivity index (χ4n) is 8.39. The van der Waals surface area contributed by atoms with Crippen molar-refractivity contribution in [1.29, 1.82) is 0 Å². The van der Waals surface area contributed by atoms with E-state index >= 15 is 0 Å². The summed E-state index contributed by atoms with van der Waals surface area (Å²) in [5.74, 6) is 0.233. The minimum Gasteiger partial charge on any atom is -0.508 e. The van der Waals surface area contributed by atoms with Gasteiger partial charge in [-0.25, -0.2) is 0 Å². The molecule has 0 amide bonds. The van der Waals surface area contributed by atoms with Crippen LogP contribution in [0.1, 0.15) is 22.3 Å². The summed E-state index contributed by atoms with van der Waals surface area (Å²) in [6.07, 6.45) is 0. The first-order chi connectivity index (χ1) is 25.7. The van der Waals surface area contributed by atoms with Gasteiger partial charge in [-0.05, 0) is 93.5 Å². The van der Waals surface area contributed by atoms with E-state index in [1.807, 2.05) is 24.3 Å². The lowest BCUT2D eigenvalue weighted by atomic mass is 9.68. The average Bonchev–Trinajstić information content (AvgIpc) is 3.74. The molecule has 1 aliphatic carbocycles. The highest BCUT2D eigenvalue weighted by atomic mass is 16.3. The van der Waals surface area contributed by atoms with E-state index in [0.29, 0.717) is 0 Å². The zero-order valence-electron chi connectivity index (χ0n) is 28.3. The molecule has 1 heterocycles. The minimum atomic E-state index is -0.463. The Kier molecular flexibility index (Phi) is 6.87. The third-order valence-electron chi connectivity index (χ3n) is 10.7. The van der Waals surface area contributed by atoms with Crippen molar-refractivity contribution in [2.45, 2.75) is 5.41 Å². The zero-order valence-corrected chi connectivity index (χ0v) is 28.3. The molecule has 0 bridgehead atoms. The van der Waals surface area contributed by atoms with E-state index in [1.54, 1.807) is 12.1 Å². The number of hydrogen-bond acceptors (Lipinski definition) is 3. The number of aromatic hydroxyl groups is 1. The molecule has 0 saturated carbocycles. The highest BCUT2D eigenvalue weighted by Gasteiger charge is 2.45. The van der Waals surface area contributed by atoms with Gasteiger partial charge in [0.1, 0.15) is 16.9 Å². The van der Waals surface area contributed by atoms with Gasteiger partial charge in [-0.15, -0.1) is 0 Å². The lowest BCUT2D eigenvalue weighted by molar-refractivity contribution is 0.475. The number of para-hydroxylation sites is 2. The Bertz CT molecular complexity index is 2680. The van der Waals surface area contributed by atoms with E-state index in [9.17, 15) is 5.11 Å². The van der Waals surface area contributed by atoms with Gasteiger partial charge >= 0.3 is 0 Å². The van der Waals surface area contributed by atoms with E-state index < -0.39 is 5.41 Å². The molecule has 3 nitrogen and oxygen atoms in total. The first-order valence-electron chi connectivity index (χ1n) is 17.7. The van der Waals surface area contributed by atoms with Crippen molar-refractivity contribution in [2.24, 2.45) is 0 Å². The van der Waals surface area contributed by atoms with Gasteiger partial charge < -0.3 is 14.4 Å². The Morgan fingerprint density at radius 2 is 0.904 bits per heavy atom. The summed E-state index contributed by atoms with van der Waals surface area (Å²) < 4.78 is 6.37. The first kappa shape index (κ1) is 30.0. The summed E-state index contributed by atoms with van der Waals surface area (Å²) in [6, 6.07) is 68.1. The molecule has 3 heteroatoms. The molecule has 0 unspecified atom stereocenters. The molecule has 8 aromatic carbocycles. The van der Waals surface area contributed by atoms with Gasteiger partial charge in [0.25, 0.3) is 0 Å². The summed E-state index contributed by atoms with van der Waals surface area (Å²) in [4.78, 5) is 2.24. The van der Waals surface area contributed by atoms with Gasteiger partial charge in [0.15, 0.2) is 0 Å². The van der Waals surface area contributed by atoms with Gasteiger partial charge in [0.2, 0.25) is 0 Å². The number of phenols is 1. The molecule has 0 spiro atoms. The fraction of sp³-hybridized carbons (Fsp3) is 0.0204. The average molecular weight is 668 g/mol. The van der Waals surface area contributed by atoms with E-state index in [2.05, 4.69) is 163 Å². The second-order valence-corrected chi connectivity index (χ2v) is 13.4. The lowest BCUT2D eigenvalue weighted by Crippen LogP contribution is -2.28. The van der Waals surface area contributed by atoms with E-state index in [1.165, 1.54) is 33.4 Å². The number of furan rings is 1. The maximum atomic E-state index is 10.2. The molecule has 246 valence electrons. The molecular formula is C49H33NO2. The Labute approximate surface area is 302 Å². The third kappa shape index (κ3) is 4.53.